The minimum atomic E-state index is 0.0762. The molecule has 2 atom stereocenters. The highest BCUT2D eigenvalue weighted by molar-refractivity contribution is 6.18. The molecule has 144 valence electrons. The van der Waals surface area contributed by atoms with Crippen molar-refractivity contribution in [1.82, 2.24) is 0 Å². The van der Waals surface area contributed by atoms with Gasteiger partial charge in [0.05, 0.1) is 6.04 Å². The van der Waals surface area contributed by atoms with E-state index in [2.05, 4.69) is 82.0 Å². The van der Waals surface area contributed by atoms with Gasteiger partial charge in [-0.15, -0.1) is 11.6 Å². The van der Waals surface area contributed by atoms with Gasteiger partial charge in [-0.05, 0) is 68.2 Å². The van der Waals surface area contributed by atoms with Crippen molar-refractivity contribution < 1.29 is 0 Å². The standard InChI is InChI=1S/C25H32ClN/c1-17(2)20-11-8-9-18(3)23(20)27-22(15-26)25(16-24(27,4)5)14-13-19-10-6-7-12-21(19)25/h6-12,17,22H,13-16H2,1-5H3. The van der Waals surface area contributed by atoms with Crippen LogP contribution in [0.25, 0.3) is 0 Å². The summed E-state index contributed by atoms with van der Waals surface area (Å²) >= 11 is 6.76. The minimum absolute atomic E-state index is 0.0762. The number of fused-ring (bicyclic) bond motifs is 2. The van der Waals surface area contributed by atoms with Gasteiger partial charge in [0.25, 0.3) is 0 Å². The summed E-state index contributed by atoms with van der Waals surface area (Å²) in [7, 11) is 0. The number of hydrogen-bond donors (Lipinski definition) is 0. The van der Waals surface area contributed by atoms with Gasteiger partial charge in [0, 0.05) is 22.5 Å². The van der Waals surface area contributed by atoms with E-state index in [1.165, 1.54) is 41.6 Å². The van der Waals surface area contributed by atoms with E-state index >= 15 is 0 Å². The van der Waals surface area contributed by atoms with E-state index in [4.69, 9.17) is 11.6 Å². The van der Waals surface area contributed by atoms with Crippen molar-refractivity contribution in [2.75, 3.05) is 10.8 Å². The van der Waals surface area contributed by atoms with Crippen molar-refractivity contribution in [2.45, 2.75) is 76.8 Å². The quantitative estimate of drug-likeness (QED) is 0.541. The summed E-state index contributed by atoms with van der Waals surface area (Å²) < 4.78 is 0. The SMILES string of the molecule is Cc1cccc(C(C)C)c1N1C(CCl)C2(CCc3ccccc32)CC1(C)C. The van der Waals surface area contributed by atoms with Crippen LogP contribution in [0.5, 0.6) is 0 Å². The predicted molar refractivity (Wildman–Crippen MR) is 117 cm³/mol. The fourth-order valence-electron chi connectivity index (χ4n) is 6.04. The second-order valence-corrected chi connectivity index (χ2v) is 9.82. The first-order valence-corrected chi connectivity index (χ1v) is 10.9. The molecule has 0 bridgehead atoms. The zero-order valence-corrected chi connectivity index (χ0v) is 18.1. The van der Waals surface area contributed by atoms with Crippen LogP contribution in [-0.4, -0.2) is 17.5 Å². The van der Waals surface area contributed by atoms with Crippen molar-refractivity contribution in [2.24, 2.45) is 0 Å². The molecular formula is C25H32ClN. The lowest BCUT2D eigenvalue weighted by molar-refractivity contribution is 0.384. The number of anilines is 1. The third-order valence-electron chi connectivity index (χ3n) is 7.02. The maximum Gasteiger partial charge on any atom is 0.0528 e. The number of alkyl halides is 1. The van der Waals surface area contributed by atoms with Crippen LogP contribution in [0.1, 0.15) is 68.7 Å². The molecule has 1 aliphatic heterocycles. The summed E-state index contributed by atoms with van der Waals surface area (Å²) in [5.41, 5.74) is 7.55. The summed E-state index contributed by atoms with van der Waals surface area (Å²) in [6.07, 6.45) is 3.56. The van der Waals surface area contributed by atoms with Gasteiger partial charge >= 0.3 is 0 Å². The molecule has 2 unspecified atom stereocenters. The smallest absolute Gasteiger partial charge is 0.0528 e. The second-order valence-electron chi connectivity index (χ2n) is 9.51. The van der Waals surface area contributed by atoms with Crippen LogP contribution in [0, 0.1) is 6.92 Å². The van der Waals surface area contributed by atoms with Crippen LogP contribution in [0.4, 0.5) is 5.69 Å². The van der Waals surface area contributed by atoms with Crippen molar-refractivity contribution in [3.63, 3.8) is 0 Å². The normalized spacial score (nSPS) is 26.2. The molecule has 2 aromatic rings. The lowest BCUT2D eigenvalue weighted by Gasteiger charge is -2.42. The van der Waals surface area contributed by atoms with Crippen LogP contribution < -0.4 is 4.90 Å². The highest BCUT2D eigenvalue weighted by Gasteiger charge is 2.58. The van der Waals surface area contributed by atoms with E-state index in [1.54, 1.807) is 5.56 Å². The number of para-hydroxylation sites is 1. The summed E-state index contributed by atoms with van der Waals surface area (Å²) in [5, 5.41) is 0. The topological polar surface area (TPSA) is 3.24 Å². The number of halogens is 1. The average Bonchev–Trinajstić information content (AvgIpc) is 3.09. The molecule has 0 N–H and O–H groups in total. The average molecular weight is 382 g/mol. The molecule has 1 fully saturated rings. The van der Waals surface area contributed by atoms with Crippen molar-refractivity contribution in [1.29, 1.82) is 0 Å². The number of aryl methyl sites for hydroxylation is 2. The molecule has 1 saturated heterocycles. The Balaban J connectivity index is 1.91. The van der Waals surface area contributed by atoms with Crippen LogP contribution >= 0.6 is 11.6 Å². The summed E-state index contributed by atoms with van der Waals surface area (Å²) in [5.74, 6) is 1.17. The summed E-state index contributed by atoms with van der Waals surface area (Å²) in [6.45, 7) is 11.7. The molecule has 1 heterocycles. The minimum Gasteiger partial charge on any atom is -0.361 e. The molecule has 0 aromatic heterocycles. The molecule has 2 aromatic carbocycles. The molecule has 0 radical (unpaired) electrons. The molecule has 27 heavy (non-hydrogen) atoms. The molecule has 0 amide bonds. The highest BCUT2D eigenvalue weighted by atomic mass is 35.5. The summed E-state index contributed by atoms with van der Waals surface area (Å²) in [6, 6.07) is 16.2. The van der Waals surface area contributed by atoms with Gasteiger partial charge in [-0.25, -0.2) is 0 Å². The molecule has 0 saturated carbocycles. The Morgan fingerprint density at radius 1 is 1.11 bits per heavy atom. The van der Waals surface area contributed by atoms with Crippen LogP contribution in [0.15, 0.2) is 42.5 Å². The van der Waals surface area contributed by atoms with Gasteiger partial charge in [-0.1, -0.05) is 56.3 Å². The monoisotopic (exact) mass is 381 g/mol. The largest absolute Gasteiger partial charge is 0.361 e. The molecule has 1 spiro atoms. The molecule has 2 aliphatic rings. The van der Waals surface area contributed by atoms with Gasteiger partial charge in [0.1, 0.15) is 0 Å². The van der Waals surface area contributed by atoms with Crippen molar-refractivity contribution in [3.05, 3.63) is 64.7 Å². The predicted octanol–water partition coefficient (Wildman–Crippen LogP) is 6.60. The zero-order chi connectivity index (χ0) is 19.4. The van der Waals surface area contributed by atoms with Gasteiger partial charge in [-0.2, -0.15) is 0 Å². The molecule has 1 nitrogen and oxygen atoms in total. The van der Waals surface area contributed by atoms with Gasteiger partial charge in [0.15, 0.2) is 0 Å². The Labute approximate surface area is 169 Å². The van der Waals surface area contributed by atoms with E-state index in [0.717, 1.165) is 0 Å². The van der Waals surface area contributed by atoms with Crippen LogP contribution in [0.3, 0.4) is 0 Å². The molecule has 2 heteroatoms. The lowest BCUT2D eigenvalue weighted by Crippen LogP contribution is -2.48. The first-order valence-electron chi connectivity index (χ1n) is 10.3. The Morgan fingerprint density at radius 2 is 1.85 bits per heavy atom. The number of nitrogens with zero attached hydrogens (tertiary/aromatic N) is 1. The first kappa shape index (κ1) is 18.9. The fourth-order valence-corrected chi connectivity index (χ4v) is 6.48. The first-order chi connectivity index (χ1) is 12.8. The molecule has 4 rings (SSSR count). The molecular weight excluding hydrogens is 350 g/mol. The van der Waals surface area contributed by atoms with E-state index in [1.807, 2.05) is 0 Å². The van der Waals surface area contributed by atoms with E-state index in [9.17, 15) is 0 Å². The Kier molecular flexibility index (Phi) is 4.58. The summed E-state index contributed by atoms with van der Waals surface area (Å²) in [4.78, 5) is 2.70. The van der Waals surface area contributed by atoms with E-state index < -0.39 is 0 Å². The molecule has 1 aliphatic carbocycles. The highest BCUT2D eigenvalue weighted by Crippen LogP contribution is 2.57. The van der Waals surface area contributed by atoms with Crippen LogP contribution in [0.2, 0.25) is 0 Å². The second kappa shape index (κ2) is 6.55. The van der Waals surface area contributed by atoms with E-state index in [-0.39, 0.29) is 11.0 Å². The van der Waals surface area contributed by atoms with Crippen LogP contribution in [-0.2, 0) is 11.8 Å². The Bertz CT molecular complexity index is 853. The third-order valence-corrected chi connectivity index (χ3v) is 7.31. The maximum absolute atomic E-state index is 6.76. The number of hydrogen-bond acceptors (Lipinski definition) is 1. The van der Waals surface area contributed by atoms with Crippen molar-refractivity contribution >= 4 is 17.3 Å². The van der Waals surface area contributed by atoms with Gasteiger partial charge in [0.2, 0.25) is 0 Å². The fraction of sp³-hybridized carbons (Fsp3) is 0.520. The lowest BCUT2D eigenvalue weighted by atomic mass is 9.73. The third kappa shape index (κ3) is 2.73. The Hall–Kier alpha value is -1.47. The maximum atomic E-state index is 6.76. The zero-order valence-electron chi connectivity index (χ0n) is 17.3. The van der Waals surface area contributed by atoms with Crippen molar-refractivity contribution in [3.8, 4) is 0 Å². The van der Waals surface area contributed by atoms with Gasteiger partial charge < -0.3 is 4.90 Å². The Morgan fingerprint density at radius 3 is 2.56 bits per heavy atom. The van der Waals surface area contributed by atoms with Gasteiger partial charge in [-0.3, -0.25) is 0 Å². The number of rotatable bonds is 3. The van der Waals surface area contributed by atoms with E-state index in [0.29, 0.717) is 17.8 Å². The number of benzene rings is 2.